The Morgan fingerprint density at radius 1 is 1.15 bits per heavy atom. The summed E-state index contributed by atoms with van der Waals surface area (Å²) in [5.74, 6) is 4.08. The first-order valence-electron chi connectivity index (χ1n) is 9.46. The van der Waals surface area contributed by atoms with E-state index in [4.69, 9.17) is 9.47 Å². The molecule has 148 valence electrons. The highest BCUT2D eigenvalue weighted by molar-refractivity contribution is 5.79. The molecular formula is C19H25F2N3O3. The zero-order valence-corrected chi connectivity index (χ0v) is 15.3. The summed E-state index contributed by atoms with van der Waals surface area (Å²) >= 11 is 0. The molecule has 27 heavy (non-hydrogen) atoms. The second-order valence-electron chi connectivity index (χ2n) is 7.34. The SMILES string of the molecule is CN=C(NCc1cc2c(cc1OC(F)F)OCO2)NCC(C1CC1)C1CC1. The van der Waals surface area contributed by atoms with Crippen molar-refractivity contribution in [2.45, 2.75) is 38.8 Å². The molecule has 0 aromatic heterocycles. The van der Waals surface area contributed by atoms with Crippen molar-refractivity contribution in [3.8, 4) is 17.2 Å². The molecular weight excluding hydrogens is 356 g/mol. The lowest BCUT2D eigenvalue weighted by molar-refractivity contribution is -0.0505. The van der Waals surface area contributed by atoms with Crippen molar-refractivity contribution >= 4 is 5.96 Å². The first kappa shape index (κ1) is 18.1. The molecule has 0 atom stereocenters. The molecule has 0 saturated heterocycles. The summed E-state index contributed by atoms with van der Waals surface area (Å²) in [6.45, 7) is -1.64. The number of rotatable bonds is 8. The molecule has 2 N–H and O–H groups in total. The van der Waals surface area contributed by atoms with Crippen LogP contribution in [-0.2, 0) is 6.54 Å². The van der Waals surface area contributed by atoms with Crippen molar-refractivity contribution in [3.63, 3.8) is 0 Å². The maximum absolute atomic E-state index is 12.7. The van der Waals surface area contributed by atoms with Gasteiger partial charge in [-0.25, -0.2) is 0 Å². The average Bonchev–Trinajstić information content (AvgIpc) is 3.57. The summed E-state index contributed by atoms with van der Waals surface area (Å²) in [7, 11) is 1.70. The third-order valence-electron chi connectivity index (χ3n) is 5.40. The normalized spacial score (nSPS) is 18.9. The van der Waals surface area contributed by atoms with Crippen LogP contribution in [0.25, 0.3) is 0 Å². The number of nitrogens with zero attached hydrogens (tertiary/aromatic N) is 1. The topological polar surface area (TPSA) is 64.1 Å². The molecule has 6 nitrogen and oxygen atoms in total. The Labute approximate surface area is 157 Å². The minimum atomic E-state index is -2.90. The van der Waals surface area contributed by atoms with Gasteiger partial charge in [-0.2, -0.15) is 8.78 Å². The lowest BCUT2D eigenvalue weighted by Crippen LogP contribution is -2.40. The van der Waals surface area contributed by atoms with Crippen LogP contribution in [0.4, 0.5) is 8.78 Å². The van der Waals surface area contributed by atoms with E-state index in [2.05, 4.69) is 20.4 Å². The highest BCUT2D eigenvalue weighted by atomic mass is 19.3. The van der Waals surface area contributed by atoms with Crippen molar-refractivity contribution in [3.05, 3.63) is 17.7 Å². The number of ether oxygens (including phenoxy) is 3. The molecule has 1 heterocycles. The maximum atomic E-state index is 12.7. The Morgan fingerprint density at radius 3 is 2.41 bits per heavy atom. The Bertz CT molecular complexity index is 694. The molecule has 4 rings (SSSR count). The van der Waals surface area contributed by atoms with Gasteiger partial charge in [-0.1, -0.05) is 0 Å². The smallest absolute Gasteiger partial charge is 0.387 e. The monoisotopic (exact) mass is 381 g/mol. The van der Waals surface area contributed by atoms with Gasteiger partial charge in [-0.3, -0.25) is 4.99 Å². The van der Waals surface area contributed by atoms with E-state index in [1.807, 2.05) is 0 Å². The number of guanidine groups is 1. The van der Waals surface area contributed by atoms with Crippen molar-refractivity contribution in [2.24, 2.45) is 22.7 Å². The molecule has 2 fully saturated rings. The number of halogens is 2. The Balaban J connectivity index is 1.37. The highest BCUT2D eigenvalue weighted by Gasteiger charge is 2.41. The number of alkyl halides is 2. The molecule has 2 saturated carbocycles. The quantitative estimate of drug-likeness (QED) is 0.535. The number of fused-ring (bicyclic) bond motifs is 1. The molecule has 1 aromatic carbocycles. The van der Waals surface area contributed by atoms with Crippen molar-refractivity contribution in [1.82, 2.24) is 10.6 Å². The molecule has 0 amide bonds. The fourth-order valence-electron chi connectivity index (χ4n) is 3.69. The minimum absolute atomic E-state index is 0.0750. The van der Waals surface area contributed by atoms with Crippen LogP contribution in [0.1, 0.15) is 31.2 Å². The van der Waals surface area contributed by atoms with E-state index in [9.17, 15) is 8.78 Å². The van der Waals surface area contributed by atoms with Gasteiger partial charge in [0.2, 0.25) is 6.79 Å². The number of aliphatic imine (C=N–C) groups is 1. The van der Waals surface area contributed by atoms with E-state index in [1.54, 1.807) is 13.1 Å². The van der Waals surface area contributed by atoms with Gasteiger partial charge in [0, 0.05) is 31.8 Å². The van der Waals surface area contributed by atoms with Crippen LogP contribution in [0.5, 0.6) is 17.2 Å². The van der Waals surface area contributed by atoms with Crippen molar-refractivity contribution < 1.29 is 23.0 Å². The molecule has 0 unspecified atom stereocenters. The van der Waals surface area contributed by atoms with E-state index in [-0.39, 0.29) is 19.1 Å². The van der Waals surface area contributed by atoms with Crippen LogP contribution in [-0.4, -0.2) is 33.0 Å². The predicted octanol–water partition coefficient (Wildman–Crippen LogP) is 3.12. The zero-order valence-electron chi connectivity index (χ0n) is 15.3. The Morgan fingerprint density at radius 2 is 1.81 bits per heavy atom. The summed E-state index contributed by atoms with van der Waals surface area (Å²) in [5, 5.41) is 6.57. The Hall–Kier alpha value is -2.25. The van der Waals surface area contributed by atoms with E-state index in [0.717, 1.165) is 18.4 Å². The third-order valence-corrected chi connectivity index (χ3v) is 5.40. The summed E-state index contributed by atoms with van der Waals surface area (Å²) in [5.41, 5.74) is 0.559. The fourth-order valence-corrected chi connectivity index (χ4v) is 3.69. The first-order valence-corrected chi connectivity index (χ1v) is 9.46. The molecule has 0 spiro atoms. The van der Waals surface area contributed by atoms with Crippen LogP contribution in [0.2, 0.25) is 0 Å². The van der Waals surface area contributed by atoms with Crippen LogP contribution in [0.3, 0.4) is 0 Å². The largest absolute Gasteiger partial charge is 0.454 e. The molecule has 0 radical (unpaired) electrons. The van der Waals surface area contributed by atoms with Gasteiger partial charge in [-0.05, 0) is 49.5 Å². The van der Waals surface area contributed by atoms with Gasteiger partial charge in [-0.15, -0.1) is 0 Å². The second-order valence-corrected chi connectivity index (χ2v) is 7.34. The van der Waals surface area contributed by atoms with E-state index in [0.29, 0.717) is 28.9 Å². The number of nitrogens with one attached hydrogen (secondary N) is 2. The minimum Gasteiger partial charge on any atom is -0.454 e. The summed E-state index contributed by atoms with van der Waals surface area (Å²) in [6, 6.07) is 3.11. The van der Waals surface area contributed by atoms with E-state index >= 15 is 0 Å². The maximum Gasteiger partial charge on any atom is 0.387 e. The molecule has 8 heteroatoms. The van der Waals surface area contributed by atoms with Crippen LogP contribution in [0, 0.1) is 17.8 Å². The van der Waals surface area contributed by atoms with Gasteiger partial charge in [0.1, 0.15) is 5.75 Å². The summed E-state index contributed by atoms with van der Waals surface area (Å²) in [4.78, 5) is 4.25. The Kier molecular flexibility index (Phi) is 5.22. The standard InChI is InChI=1S/C19H25F2N3O3/c1-22-19(24-9-14(11-2-3-11)12-4-5-12)23-8-13-6-16-17(26-10-25-16)7-15(13)27-18(20)21/h6-7,11-12,14,18H,2-5,8-10H2,1H3,(H2,22,23,24). The number of hydrogen-bond acceptors (Lipinski definition) is 4. The van der Waals surface area contributed by atoms with Gasteiger partial charge in [0.15, 0.2) is 17.5 Å². The number of benzene rings is 1. The van der Waals surface area contributed by atoms with Gasteiger partial charge < -0.3 is 24.8 Å². The van der Waals surface area contributed by atoms with Crippen LogP contribution in [0.15, 0.2) is 17.1 Å². The molecule has 0 bridgehead atoms. The van der Waals surface area contributed by atoms with E-state index < -0.39 is 6.61 Å². The lowest BCUT2D eigenvalue weighted by atomic mass is 9.98. The second kappa shape index (κ2) is 7.78. The fraction of sp³-hybridized carbons (Fsp3) is 0.632. The third kappa shape index (κ3) is 4.54. The first-order chi connectivity index (χ1) is 13.1. The lowest BCUT2D eigenvalue weighted by Gasteiger charge is -2.19. The molecule has 1 aromatic rings. The summed E-state index contributed by atoms with van der Waals surface area (Å²) in [6.07, 6.45) is 5.33. The molecule has 2 aliphatic carbocycles. The molecule has 3 aliphatic rings. The molecule has 1 aliphatic heterocycles. The van der Waals surface area contributed by atoms with Crippen LogP contribution >= 0.6 is 0 Å². The average molecular weight is 381 g/mol. The highest BCUT2D eigenvalue weighted by Crippen LogP contribution is 2.48. The van der Waals surface area contributed by atoms with Crippen LogP contribution < -0.4 is 24.8 Å². The zero-order chi connectivity index (χ0) is 18.8. The van der Waals surface area contributed by atoms with Gasteiger partial charge in [0.05, 0.1) is 0 Å². The van der Waals surface area contributed by atoms with Crippen molar-refractivity contribution in [2.75, 3.05) is 20.4 Å². The van der Waals surface area contributed by atoms with Crippen molar-refractivity contribution in [1.29, 1.82) is 0 Å². The van der Waals surface area contributed by atoms with E-state index in [1.165, 1.54) is 31.7 Å². The number of hydrogen-bond donors (Lipinski definition) is 2. The van der Waals surface area contributed by atoms with Gasteiger partial charge >= 0.3 is 6.61 Å². The van der Waals surface area contributed by atoms with Gasteiger partial charge in [0.25, 0.3) is 0 Å². The summed E-state index contributed by atoms with van der Waals surface area (Å²) < 4.78 is 40.7. The predicted molar refractivity (Wildman–Crippen MR) is 96.3 cm³/mol.